The van der Waals surface area contributed by atoms with E-state index in [1.165, 1.54) is 11.3 Å². The van der Waals surface area contributed by atoms with E-state index in [-0.39, 0.29) is 5.91 Å². The molecule has 2 N–H and O–H groups in total. The summed E-state index contributed by atoms with van der Waals surface area (Å²) in [6.07, 6.45) is 2.31. The number of carbonyl (C=O) groups excluding carboxylic acids is 2. The van der Waals surface area contributed by atoms with E-state index in [9.17, 15) is 9.59 Å². The Hall–Kier alpha value is -2.21. The third kappa shape index (κ3) is 3.12. The molecule has 1 aromatic heterocycles. The van der Waals surface area contributed by atoms with Gasteiger partial charge in [-0.1, -0.05) is 31.2 Å². The largest absolute Gasteiger partial charge is 0.368 e. The minimum Gasteiger partial charge on any atom is -0.368 e. The number of aryl methyl sites for hydroxylation is 1. The monoisotopic (exact) mass is 329 g/mol. The minimum atomic E-state index is -0.617. The van der Waals surface area contributed by atoms with Crippen molar-refractivity contribution in [2.24, 2.45) is 5.73 Å². The van der Waals surface area contributed by atoms with Crippen molar-refractivity contribution in [3.63, 3.8) is 0 Å². The van der Waals surface area contributed by atoms with E-state index in [2.05, 4.69) is 11.9 Å². The summed E-state index contributed by atoms with van der Waals surface area (Å²) in [4.78, 5) is 30.6. The molecule has 5 nitrogen and oxygen atoms in total. The summed E-state index contributed by atoms with van der Waals surface area (Å²) in [7, 11) is 0. The van der Waals surface area contributed by atoms with Crippen LogP contribution in [-0.4, -0.2) is 27.7 Å². The molecule has 23 heavy (non-hydrogen) atoms. The number of hydrogen-bond acceptors (Lipinski definition) is 4. The fourth-order valence-corrected chi connectivity index (χ4v) is 3.75. The fourth-order valence-electron chi connectivity index (χ4n) is 2.88. The summed E-state index contributed by atoms with van der Waals surface area (Å²) < 4.78 is 0. The van der Waals surface area contributed by atoms with Gasteiger partial charge in [-0.15, -0.1) is 11.3 Å². The van der Waals surface area contributed by atoms with Crippen LogP contribution in [0.15, 0.2) is 29.6 Å². The number of fused-ring (bicyclic) bond motifs is 1. The summed E-state index contributed by atoms with van der Waals surface area (Å²) in [6, 6.07) is 7.22. The zero-order chi connectivity index (χ0) is 16.4. The molecule has 0 aliphatic carbocycles. The molecule has 120 valence electrons. The molecular weight excluding hydrogens is 310 g/mol. The molecule has 1 unspecified atom stereocenters. The lowest BCUT2D eigenvalue weighted by Gasteiger charge is -2.34. The van der Waals surface area contributed by atoms with Crippen molar-refractivity contribution in [1.82, 2.24) is 9.88 Å². The van der Waals surface area contributed by atoms with Gasteiger partial charge in [-0.25, -0.2) is 4.98 Å². The van der Waals surface area contributed by atoms with Crippen molar-refractivity contribution in [2.75, 3.05) is 0 Å². The number of rotatable bonds is 4. The van der Waals surface area contributed by atoms with Gasteiger partial charge in [0.25, 0.3) is 5.91 Å². The number of carbonyl (C=O) groups is 2. The zero-order valence-electron chi connectivity index (χ0n) is 13.0. The second-order valence-electron chi connectivity index (χ2n) is 5.70. The first-order valence-electron chi connectivity index (χ1n) is 7.71. The first-order chi connectivity index (χ1) is 11.1. The predicted octanol–water partition coefficient (Wildman–Crippen LogP) is 2.15. The average molecular weight is 329 g/mol. The van der Waals surface area contributed by atoms with Gasteiger partial charge in [-0.05, 0) is 24.0 Å². The first kappa shape index (κ1) is 15.7. The van der Waals surface area contributed by atoms with E-state index in [1.54, 1.807) is 10.3 Å². The van der Waals surface area contributed by atoms with Crippen LogP contribution in [0, 0.1) is 0 Å². The fraction of sp³-hybridized carbons (Fsp3) is 0.353. The highest BCUT2D eigenvalue weighted by atomic mass is 32.1. The van der Waals surface area contributed by atoms with Crippen molar-refractivity contribution in [3.05, 3.63) is 51.5 Å². The average Bonchev–Trinajstić information content (AvgIpc) is 3.02. The standard InChI is InChI=1S/C17H19N3O2S/c1-2-5-15-19-13(10-23-15)17(22)20-9-12-7-4-3-6-11(12)8-14(20)16(18)21/h3-4,6-7,10,14H,2,5,8-9H2,1H3,(H2,18,21). The molecule has 0 fully saturated rings. The molecule has 0 saturated carbocycles. The van der Waals surface area contributed by atoms with Gasteiger partial charge in [-0.3, -0.25) is 9.59 Å². The van der Waals surface area contributed by atoms with Gasteiger partial charge in [0.05, 0.1) is 5.01 Å². The van der Waals surface area contributed by atoms with E-state index < -0.39 is 11.9 Å². The van der Waals surface area contributed by atoms with Crippen LogP contribution >= 0.6 is 11.3 Å². The molecule has 1 aliphatic rings. The van der Waals surface area contributed by atoms with Crippen LogP contribution in [0.3, 0.4) is 0 Å². The van der Waals surface area contributed by atoms with Crippen LogP contribution in [0.5, 0.6) is 0 Å². The van der Waals surface area contributed by atoms with E-state index in [4.69, 9.17) is 5.73 Å². The number of nitrogens with zero attached hydrogens (tertiary/aromatic N) is 2. The molecule has 2 amide bonds. The topological polar surface area (TPSA) is 76.3 Å². The van der Waals surface area contributed by atoms with Gasteiger partial charge < -0.3 is 10.6 Å². The van der Waals surface area contributed by atoms with Gasteiger partial charge in [0.15, 0.2) is 0 Å². The summed E-state index contributed by atoms with van der Waals surface area (Å²) in [5.41, 5.74) is 8.07. The second kappa shape index (κ2) is 6.50. The van der Waals surface area contributed by atoms with E-state index in [0.717, 1.165) is 29.0 Å². The van der Waals surface area contributed by atoms with Crippen LogP contribution in [0.1, 0.15) is 40.0 Å². The highest BCUT2D eigenvalue weighted by Gasteiger charge is 2.34. The Bertz CT molecular complexity index is 741. The van der Waals surface area contributed by atoms with Crippen LogP contribution in [-0.2, 0) is 24.2 Å². The minimum absolute atomic E-state index is 0.220. The summed E-state index contributed by atoms with van der Waals surface area (Å²) in [6.45, 7) is 2.47. The van der Waals surface area contributed by atoms with Crippen molar-refractivity contribution in [2.45, 2.75) is 38.8 Å². The zero-order valence-corrected chi connectivity index (χ0v) is 13.8. The van der Waals surface area contributed by atoms with Crippen molar-refractivity contribution in [1.29, 1.82) is 0 Å². The number of hydrogen-bond donors (Lipinski definition) is 1. The highest BCUT2D eigenvalue weighted by Crippen LogP contribution is 2.25. The maximum atomic E-state index is 12.8. The number of primary amides is 1. The lowest BCUT2D eigenvalue weighted by Crippen LogP contribution is -2.51. The number of amides is 2. The molecule has 0 radical (unpaired) electrons. The number of nitrogens with two attached hydrogens (primary N) is 1. The first-order valence-corrected chi connectivity index (χ1v) is 8.59. The third-order valence-corrected chi connectivity index (χ3v) is 4.98. The van der Waals surface area contributed by atoms with E-state index in [0.29, 0.717) is 18.7 Å². The Balaban J connectivity index is 1.89. The van der Waals surface area contributed by atoms with Gasteiger partial charge in [0, 0.05) is 18.3 Å². The highest BCUT2D eigenvalue weighted by molar-refractivity contribution is 7.09. The van der Waals surface area contributed by atoms with E-state index in [1.807, 2.05) is 24.3 Å². The maximum absolute atomic E-state index is 12.8. The maximum Gasteiger partial charge on any atom is 0.274 e. The molecular formula is C17H19N3O2S. The Morgan fingerprint density at radius 2 is 2.09 bits per heavy atom. The van der Waals surface area contributed by atoms with Crippen LogP contribution in [0.4, 0.5) is 0 Å². The molecule has 0 bridgehead atoms. The SMILES string of the molecule is CCCc1nc(C(=O)N2Cc3ccccc3CC2C(N)=O)cs1. The molecule has 2 heterocycles. The van der Waals surface area contributed by atoms with Gasteiger partial charge in [0.2, 0.25) is 5.91 Å². The van der Waals surface area contributed by atoms with Crippen molar-refractivity contribution >= 4 is 23.2 Å². The number of thiazole rings is 1. The van der Waals surface area contributed by atoms with Crippen LogP contribution in [0.2, 0.25) is 0 Å². The Kier molecular flexibility index (Phi) is 4.43. The molecule has 0 saturated heterocycles. The van der Waals surface area contributed by atoms with Gasteiger partial charge >= 0.3 is 0 Å². The molecule has 6 heteroatoms. The lowest BCUT2D eigenvalue weighted by atomic mass is 9.93. The molecule has 3 rings (SSSR count). The number of benzene rings is 1. The lowest BCUT2D eigenvalue weighted by molar-refractivity contribution is -0.122. The Morgan fingerprint density at radius 1 is 1.35 bits per heavy atom. The number of aromatic nitrogens is 1. The Morgan fingerprint density at radius 3 is 2.78 bits per heavy atom. The summed E-state index contributed by atoms with van der Waals surface area (Å²) >= 11 is 1.49. The third-order valence-electron chi connectivity index (χ3n) is 4.07. The van der Waals surface area contributed by atoms with Crippen molar-refractivity contribution in [3.8, 4) is 0 Å². The van der Waals surface area contributed by atoms with Gasteiger partial charge in [-0.2, -0.15) is 0 Å². The molecule has 1 aliphatic heterocycles. The molecule has 1 aromatic carbocycles. The van der Waals surface area contributed by atoms with Crippen LogP contribution in [0.25, 0.3) is 0 Å². The predicted molar refractivity (Wildman–Crippen MR) is 89.1 cm³/mol. The van der Waals surface area contributed by atoms with E-state index >= 15 is 0 Å². The summed E-state index contributed by atoms with van der Waals surface area (Å²) in [5.74, 6) is -0.696. The quantitative estimate of drug-likeness (QED) is 0.934. The van der Waals surface area contributed by atoms with Crippen LogP contribution < -0.4 is 5.73 Å². The molecule has 2 aromatic rings. The Labute approximate surface area is 139 Å². The normalized spacial score (nSPS) is 16.9. The smallest absolute Gasteiger partial charge is 0.274 e. The van der Waals surface area contributed by atoms with Gasteiger partial charge in [0.1, 0.15) is 11.7 Å². The summed E-state index contributed by atoms with van der Waals surface area (Å²) in [5, 5.41) is 2.72. The molecule has 1 atom stereocenters. The van der Waals surface area contributed by atoms with Crippen molar-refractivity contribution < 1.29 is 9.59 Å². The second-order valence-corrected chi connectivity index (χ2v) is 6.64. The molecule has 0 spiro atoms.